The van der Waals surface area contributed by atoms with Crippen molar-refractivity contribution in [1.82, 2.24) is 0 Å². The molecule has 0 spiro atoms. The van der Waals surface area contributed by atoms with Gasteiger partial charge in [-0.2, -0.15) is 0 Å². The van der Waals surface area contributed by atoms with Crippen LogP contribution < -0.4 is 0 Å². The standard InChI is InChI=1S/C13H14Br2O2/c1-13(2,3)17-12(16)5-4-9-6-10(14)8-11(15)7-9/h4-8H,1-3H3/b5-4+. The number of carbonyl (C=O) groups is 1. The lowest BCUT2D eigenvalue weighted by atomic mass is 10.2. The van der Waals surface area contributed by atoms with Crippen LogP contribution in [0.25, 0.3) is 6.08 Å². The van der Waals surface area contributed by atoms with Gasteiger partial charge in [-0.1, -0.05) is 31.9 Å². The van der Waals surface area contributed by atoms with Crippen molar-refractivity contribution in [2.75, 3.05) is 0 Å². The van der Waals surface area contributed by atoms with Crippen molar-refractivity contribution in [2.45, 2.75) is 26.4 Å². The molecule has 92 valence electrons. The number of halogens is 2. The topological polar surface area (TPSA) is 26.3 Å². The molecule has 0 aromatic heterocycles. The number of rotatable bonds is 2. The lowest BCUT2D eigenvalue weighted by Crippen LogP contribution is -2.22. The van der Waals surface area contributed by atoms with E-state index in [9.17, 15) is 4.79 Å². The van der Waals surface area contributed by atoms with Crippen molar-refractivity contribution >= 4 is 43.9 Å². The van der Waals surface area contributed by atoms with Crippen molar-refractivity contribution in [3.63, 3.8) is 0 Å². The molecule has 0 amide bonds. The largest absolute Gasteiger partial charge is 0.457 e. The Morgan fingerprint density at radius 3 is 2.18 bits per heavy atom. The summed E-state index contributed by atoms with van der Waals surface area (Å²) < 4.78 is 7.08. The molecule has 0 aliphatic rings. The highest BCUT2D eigenvalue weighted by Crippen LogP contribution is 2.21. The summed E-state index contributed by atoms with van der Waals surface area (Å²) in [7, 11) is 0. The van der Waals surface area contributed by atoms with Crippen LogP contribution in [0.4, 0.5) is 0 Å². The fraction of sp³-hybridized carbons (Fsp3) is 0.308. The van der Waals surface area contributed by atoms with Crippen LogP contribution in [0.5, 0.6) is 0 Å². The van der Waals surface area contributed by atoms with Crippen molar-refractivity contribution in [3.8, 4) is 0 Å². The van der Waals surface area contributed by atoms with E-state index < -0.39 is 5.60 Å². The fourth-order valence-electron chi connectivity index (χ4n) is 1.17. The van der Waals surface area contributed by atoms with Gasteiger partial charge in [-0.25, -0.2) is 4.79 Å². The summed E-state index contributed by atoms with van der Waals surface area (Å²) >= 11 is 6.78. The van der Waals surface area contributed by atoms with Crippen LogP contribution in [0.2, 0.25) is 0 Å². The molecule has 0 aliphatic carbocycles. The van der Waals surface area contributed by atoms with Crippen molar-refractivity contribution in [3.05, 3.63) is 38.8 Å². The lowest BCUT2D eigenvalue weighted by Gasteiger charge is -2.17. The molecule has 1 aromatic carbocycles. The molecule has 0 bridgehead atoms. The van der Waals surface area contributed by atoms with E-state index in [4.69, 9.17) is 4.74 Å². The average molecular weight is 362 g/mol. The second-order valence-electron chi connectivity index (χ2n) is 4.57. The third kappa shape index (κ3) is 6.03. The van der Waals surface area contributed by atoms with Crippen LogP contribution >= 0.6 is 31.9 Å². The Morgan fingerprint density at radius 2 is 1.71 bits per heavy atom. The maximum Gasteiger partial charge on any atom is 0.331 e. The first kappa shape index (κ1) is 14.5. The summed E-state index contributed by atoms with van der Waals surface area (Å²) in [5, 5.41) is 0. The van der Waals surface area contributed by atoms with E-state index in [1.807, 2.05) is 39.0 Å². The molecule has 0 saturated carbocycles. The van der Waals surface area contributed by atoms with Crippen LogP contribution in [0.1, 0.15) is 26.3 Å². The highest BCUT2D eigenvalue weighted by Gasteiger charge is 2.13. The van der Waals surface area contributed by atoms with Gasteiger partial charge in [0, 0.05) is 15.0 Å². The first-order chi connectivity index (χ1) is 7.76. The van der Waals surface area contributed by atoms with Crippen molar-refractivity contribution in [1.29, 1.82) is 0 Å². The molecule has 17 heavy (non-hydrogen) atoms. The van der Waals surface area contributed by atoms with Gasteiger partial charge >= 0.3 is 5.97 Å². The number of esters is 1. The second kappa shape index (κ2) is 5.83. The molecule has 0 aliphatic heterocycles. The number of ether oxygens (including phenoxy) is 1. The molecule has 0 fully saturated rings. The molecule has 0 saturated heterocycles. The predicted molar refractivity (Wildman–Crippen MR) is 76.7 cm³/mol. The highest BCUT2D eigenvalue weighted by atomic mass is 79.9. The van der Waals surface area contributed by atoms with Crippen molar-refractivity contribution < 1.29 is 9.53 Å². The maximum absolute atomic E-state index is 11.5. The van der Waals surface area contributed by atoms with E-state index >= 15 is 0 Å². The van der Waals surface area contributed by atoms with Gasteiger partial charge in [-0.3, -0.25) is 0 Å². The molecule has 0 unspecified atom stereocenters. The molecule has 4 heteroatoms. The Balaban J connectivity index is 2.74. The zero-order chi connectivity index (χ0) is 13.1. The summed E-state index contributed by atoms with van der Waals surface area (Å²) in [6.07, 6.45) is 3.16. The van der Waals surface area contributed by atoms with E-state index in [2.05, 4.69) is 31.9 Å². The average Bonchev–Trinajstić information content (AvgIpc) is 2.10. The second-order valence-corrected chi connectivity index (χ2v) is 6.40. The smallest absolute Gasteiger partial charge is 0.331 e. The van der Waals surface area contributed by atoms with Gasteiger partial charge in [-0.05, 0) is 50.6 Å². The van der Waals surface area contributed by atoms with Crippen LogP contribution in [0.3, 0.4) is 0 Å². The van der Waals surface area contributed by atoms with Crippen LogP contribution in [0, 0.1) is 0 Å². The molecule has 0 atom stereocenters. The predicted octanol–water partition coefficient (Wildman–Crippen LogP) is 4.57. The molecule has 0 heterocycles. The number of carbonyl (C=O) groups excluding carboxylic acids is 1. The fourth-order valence-corrected chi connectivity index (χ4v) is 2.50. The van der Waals surface area contributed by atoms with E-state index in [0.29, 0.717) is 0 Å². The minimum atomic E-state index is -0.459. The van der Waals surface area contributed by atoms with Crippen LogP contribution in [-0.4, -0.2) is 11.6 Å². The zero-order valence-electron chi connectivity index (χ0n) is 9.96. The minimum Gasteiger partial charge on any atom is -0.457 e. The molecular weight excluding hydrogens is 348 g/mol. The normalized spacial score (nSPS) is 11.8. The summed E-state index contributed by atoms with van der Waals surface area (Å²) in [5.74, 6) is -0.339. The first-order valence-corrected chi connectivity index (χ1v) is 6.72. The van der Waals surface area contributed by atoms with Crippen LogP contribution in [0.15, 0.2) is 33.2 Å². The van der Waals surface area contributed by atoms with E-state index in [1.165, 1.54) is 6.08 Å². The third-order valence-electron chi connectivity index (χ3n) is 1.70. The van der Waals surface area contributed by atoms with Gasteiger partial charge in [0.05, 0.1) is 0 Å². The zero-order valence-corrected chi connectivity index (χ0v) is 13.1. The Morgan fingerprint density at radius 1 is 1.18 bits per heavy atom. The van der Waals surface area contributed by atoms with Gasteiger partial charge in [0.15, 0.2) is 0 Å². The van der Waals surface area contributed by atoms with Crippen LogP contribution in [-0.2, 0) is 9.53 Å². The van der Waals surface area contributed by atoms with Gasteiger partial charge in [0.25, 0.3) is 0 Å². The maximum atomic E-state index is 11.5. The summed E-state index contributed by atoms with van der Waals surface area (Å²) in [6, 6.07) is 5.78. The molecule has 0 radical (unpaired) electrons. The molecule has 1 rings (SSSR count). The Labute approximate surface area is 118 Å². The van der Waals surface area contributed by atoms with Gasteiger partial charge in [0.1, 0.15) is 5.60 Å². The van der Waals surface area contributed by atoms with Gasteiger partial charge < -0.3 is 4.74 Å². The van der Waals surface area contributed by atoms with E-state index in [-0.39, 0.29) is 5.97 Å². The monoisotopic (exact) mass is 360 g/mol. The summed E-state index contributed by atoms with van der Waals surface area (Å²) in [5.41, 5.74) is 0.469. The minimum absolute atomic E-state index is 0.339. The number of hydrogen-bond acceptors (Lipinski definition) is 2. The Kier molecular flexibility index (Phi) is 4.95. The van der Waals surface area contributed by atoms with Gasteiger partial charge in [0.2, 0.25) is 0 Å². The number of benzene rings is 1. The summed E-state index contributed by atoms with van der Waals surface area (Å²) in [4.78, 5) is 11.5. The SMILES string of the molecule is CC(C)(C)OC(=O)/C=C/c1cc(Br)cc(Br)c1. The lowest BCUT2D eigenvalue weighted by molar-refractivity contribution is -0.148. The van der Waals surface area contributed by atoms with Gasteiger partial charge in [-0.15, -0.1) is 0 Å². The van der Waals surface area contributed by atoms with Crippen molar-refractivity contribution in [2.24, 2.45) is 0 Å². The molecular formula is C13H14Br2O2. The Bertz CT molecular complexity index is 425. The molecule has 1 aromatic rings. The molecule has 2 nitrogen and oxygen atoms in total. The van der Waals surface area contributed by atoms with E-state index in [1.54, 1.807) is 6.08 Å². The molecule has 0 N–H and O–H groups in total. The quantitative estimate of drug-likeness (QED) is 0.569. The van der Waals surface area contributed by atoms with E-state index in [0.717, 1.165) is 14.5 Å². The Hall–Kier alpha value is -0.610. The highest BCUT2D eigenvalue weighted by molar-refractivity contribution is 9.11. The first-order valence-electron chi connectivity index (χ1n) is 5.13. The third-order valence-corrected chi connectivity index (χ3v) is 2.62. The number of hydrogen-bond donors (Lipinski definition) is 0. The summed E-state index contributed by atoms with van der Waals surface area (Å²) in [6.45, 7) is 5.53.